The molecule has 1 atom stereocenters. The molecule has 0 radical (unpaired) electrons. The van der Waals surface area contributed by atoms with E-state index in [0.717, 1.165) is 6.07 Å². The van der Waals surface area contributed by atoms with E-state index in [1.165, 1.54) is 12.1 Å². The molecule has 0 aromatic heterocycles. The Kier molecular flexibility index (Phi) is 6.26. The van der Waals surface area contributed by atoms with Gasteiger partial charge in [0.1, 0.15) is 5.75 Å². The van der Waals surface area contributed by atoms with Crippen molar-refractivity contribution in [2.75, 3.05) is 0 Å². The topological polar surface area (TPSA) is 38.3 Å². The normalized spacial score (nSPS) is 13.1. The molecule has 0 aliphatic rings. The molecule has 1 amide bonds. The molecule has 1 unspecified atom stereocenters. The fraction of sp³-hybridized carbons (Fsp3) is 0.562. The molecule has 0 saturated carbocycles. The van der Waals surface area contributed by atoms with Crippen molar-refractivity contribution in [1.29, 1.82) is 0 Å². The number of ether oxygens (including phenoxy) is 1. The van der Waals surface area contributed by atoms with Crippen LogP contribution in [0, 0.1) is 5.92 Å². The lowest BCUT2D eigenvalue weighted by atomic mass is 10.1. The SMILES string of the molecule is CCC(C)C(=O)NCc1ccc(OC(C)C)cc1C(F)(F)F. The fourth-order valence-electron chi connectivity index (χ4n) is 1.86. The lowest BCUT2D eigenvalue weighted by Gasteiger charge is -2.17. The molecule has 1 aromatic rings. The van der Waals surface area contributed by atoms with E-state index >= 15 is 0 Å². The first-order chi connectivity index (χ1) is 10.1. The van der Waals surface area contributed by atoms with Gasteiger partial charge in [0.25, 0.3) is 0 Å². The summed E-state index contributed by atoms with van der Waals surface area (Å²) in [5.74, 6) is -0.310. The van der Waals surface area contributed by atoms with Crippen LogP contribution in [0.4, 0.5) is 13.2 Å². The summed E-state index contributed by atoms with van der Waals surface area (Å²) in [6.45, 7) is 6.92. The van der Waals surface area contributed by atoms with Gasteiger partial charge < -0.3 is 10.1 Å². The predicted molar refractivity (Wildman–Crippen MR) is 78.5 cm³/mol. The number of halogens is 3. The summed E-state index contributed by atoms with van der Waals surface area (Å²) < 4.78 is 44.7. The maximum absolute atomic E-state index is 13.1. The minimum absolute atomic E-state index is 0.0280. The number of hydrogen-bond donors (Lipinski definition) is 1. The molecule has 1 aromatic carbocycles. The average molecular weight is 317 g/mol. The highest BCUT2D eigenvalue weighted by molar-refractivity contribution is 5.78. The molecule has 3 nitrogen and oxygen atoms in total. The maximum atomic E-state index is 13.1. The van der Waals surface area contributed by atoms with Crippen LogP contribution < -0.4 is 10.1 Å². The molecule has 0 fully saturated rings. The molecule has 0 aliphatic carbocycles. The number of carbonyl (C=O) groups is 1. The molecule has 0 bridgehead atoms. The van der Waals surface area contributed by atoms with Crippen LogP contribution in [0.1, 0.15) is 45.2 Å². The van der Waals surface area contributed by atoms with Crippen molar-refractivity contribution in [3.8, 4) is 5.75 Å². The van der Waals surface area contributed by atoms with E-state index in [0.29, 0.717) is 6.42 Å². The zero-order valence-electron chi connectivity index (χ0n) is 13.3. The average Bonchev–Trinajstić information content (AvgIpc) is 2.42. The van der Waals surface area contributed by atoms with Crippen molar-refractivity contribution >= 4 is 5.91 Å². The third-order valence-electron chi connectivity index (χ3n) is 3.27. The lowest BCUT2D eigenvalue weighted by molar-refractivity contribution is -0.138. The largest absolute Gasteiger partial charge is 0.491 e. The van der Waals surface area contributed by atoms with Gasteiger partial charge in [0.15, 0.2) is 0 Å². The van der Waals surface area contributed by atoms with Crippen LogP contribution in [0.25, 0.3) is 0 Å². The van der Waals surface area contributed by atoms with Gasteiger partial charge in [-0.15, -0.1) is 0 Å². The summed E-state index contributed by atoms with van der Waals surface area (Å²) >= 11 is 0. The van der Waals surface area contributed by atoms with Gasteiger partial charge in [-0.1, -0.05) is 19.9 Å². The Morgan fingerprint density at radius 2 is 1.91 bits per heavy atom. The standard InChI is InChI=1S/C16H22F3NO2/c1-5-11(4)15(21)20-9-12-6-7-13(22-10(2)3)8-14(12)16(17,18)19/h6-8,10-11H,5,9H2,1-4H3,(H,20,21). The second kappa shape index (κ2) is 7.51. The summed E-state index contributed by atoms with van der Waals surface area (Å²) in [7, 11) is 0. The number of hydrogen-bond acceptors (Lipinski definition) is 2. The molecule has 0 spiro atoms. The minimum Gasteiger partial charge on any atom is -0.491 e. The number of benzene rings is 1. The zero-order valence-corrected chi connectivity index (χ0v) is 13.3. The van der Waals surface area contributed by atoms with Gasteiger partial charge in [-0.2, -0.15) is 13.2 Å². The highest BCUT2D eigenvalue weighted by atomic mass is 19.4. The highest BCUT2D eigenvalue weighted by Gasteiger charge is 2.34. The van der Waals surface area contributed by atoms with Crippen LogP contribution in [0.15, 0.2) is 18.2 Å². The lowest BCUT2D eigenvalue weighted by Crippen LogP contribution is -2.29. The van der Waals surface area contributed by atoms with Crippen molar-refractivity contribution in [3.63, 3.8) is 0 Å². The van der Waals surface area contributed by atoms with Crippen molar-refractivity contribution in [3.05, 3.63) is 29.3 Å². The second-order valence-electron chi connectivity index (χ2n) is 5.51. The van der Waals surface area contributed by atoms with Gasteiger partial charge in [0.05, 0.1) is 11.7 Å². The van der Waals surface area contributed by atoms with Crippen LogP contribution in [0.3, 0.4) is 0 Å². The summed E-state index contributed by atoms with van der Waals surface area (Å²) in [5, 5.41) is 2.54. The number of amides is 1. The van der Waals surface area contributed by atoms with Crippen LogP contribution in [-0.2, 0) is 17.5 Å². The summed E-state index contributed by atoms with van der Waals surface area (Å²) in [4.78, 5) is 11.7. The van der Waals surface area contributed by atoms with E-state index in [4.69, 9.17) is 4.74 Å². The van der Waals surface area contributed by atoms with E-state index < -0.39 is 11.7 Å². The van der Waals surface area contributed by atoms with E-state index in [2.05, 4.69) is 5.32 Å². The fourth-order valence-corrected chi connectivity index (χ4v) is 1.86. The number of rotatable bonds is 6. The Labute approximate surface area is 128 Å². The van der Waals surface area contributed by atoms with E-state index in [1.807, 2.05) is 6.92 Å². The Balaban J connectivity index is 2.96. The number of nitrogens with one attached hydrogen (secondary N) is 1. The Hall–Kier alpha value is -1.72. The smallest absolute Gasteiger partial charge is 0.416 e. The molecule has 22 heavy (non-hydrogen) atoms. The summed E-state index contributed by atoms with van der Waals surface area (Å²) in [6.07, 6.45) is -4.07. The van der Waals surface area contributed by atoms with Crippen LogP contribution >= 0.6 is 0 Å². The first kappa shape index (κ1) is 18.3. The number of carbonyl (C=O) groups excluding carboxylic acids is 1. The van der Waals surface area contributed by atoms with Crippen molar-refractivity contribution < 1.29 is 22.7 Å². The van der Waals surface area contributed by atoms with Crippen LogP contribution in [0.2, 0.25) is 0 Å². The van der Waals surface area contributed by atoms with Crippen molar-refractivity contribution in [1.82, 2.24) is 5.32 Å². The van der Waals surface area contributed by atoms with Gasteiger partial charge in [-0.25, -0.2) is 0 Å². The Bertz CT molecular complexity index is 513. The molecule has 0 heterocycles. The zero-order chi connectivity index (χ0) is 16.9. The van der Waals surface area contributed by atoms with Crippen LogP contribution in [-0.4, -0.2) is 12.0 Å². The van der Waals surface area contributed by atoms with Gasteiger partial charge in [0.2, 0.25) is 5.91 Å². The van der Waals surface area contributed by atoms with E-state index in [9.17, 15) is 18.0 Å². The Morgan fingerprint density at radius 1 is 1.27 bits per heavy atom. The van der Waals surface area contributed by atoms with Crippen molar-refractivity contribution in [2.24, 2.45) is 5.92 Å². The van der Waals surface area contributed by atoms with Gasteiger partial charge in [-0.05, 0) is 38.0 Å². The molecule has 124 valence electrons. The maximum Gasteiger partial charge on any atom is 0.416 e. The molecule has 1 N–H and O–H groups in total. The van der Waals surface area contributed by atoms with E-state index in [1.54, 1.807) is 20.8 Å². The molecule has 0 saturated heterocycles. The molecule has 1 rings (SSSR count). The van der Waals surface area contributed by atoms with Crippen LogP contribution in [0.5, 0.6) is 5.75 Å². The summed E-state index contributed by atoms with van der Waals surface area (Å²) in [5.41, 5.74) is -0.754. The monoisotopic (exact) mass is 317 g/mol. The van der Waals surface area contributed by atoms with Crippen molar-refractivity contribution in [2.45, 2.75) is 52.9 Å². The summed E-state index contributed by atoms with van der Waals surface area (Å²) in [6, 6.07) is 3.81. The Morgan fingerprint density at radius 3 is 2.41 bits per heavy atom. The van der Waals surface area contributed by atoms with Gasteiger partial charge >= 0.3 is 6.18 Å². The molecule has 0 aliphatic heterocycles. The predicted octanol–water partition coefficient (Wildman–Crippen LogP) is 4.15. The molecular weight excluding hydrogens is 295 g/mol. The van der Waals surface area contributed by atoms with Gasteiger partial charge in [-0.3, -0.25) is 4.79 Å². The first-order valence-corrected chi connectivity index (χ1v) is 7.29. The first-order valence-electron chi connectivity index (χ1n) is 7.29. The highest BCUT2D eigenvalue weighted by Crippen LogP contribution is 2.34. The quantitative estimate of drug-likeness (QED) is 0.856. The van der Waals surface area contributed by atoms with Gasteiger partial charge in [0, 0.05) is 12.5 Å². The minimum atomic E-state index is -4.49. The third kappa shape index (κ3) is 5.24. The third-order valence-corrected chi connectivity index (χ3v) is 3.27. The molecule has 6 heteroatoms. The van der Waals surface area contributed by atoms with E-state index in [-0.39, 0.29) is 35.8 Å². The number of alkyl halides is 3. The molecular formula is C16H22F3NO2. The second-order valence-corrected chi connectivity index (χ2v) is 5.51.